The van der Waals surface area contributed by atoms with Crippen LogP contribution in [-0.2, 0) is 0 Å². The van der Waals surface area contributed by atoms with E-state index in [4.69, 9.17) is 4.74 Å². The molecule has 1 saturated carbocycles. The summed E-state index contributed by atoms with van der Waals surface area (Å²) in [6.45, 7) is 5.42. The van der Waals surface area contributed by atoms with Crippen LogP contribution in [0, 0.1) is 23.7 Å². The topological polar surface area (TPSA) is 9.23 Å². The maximum absolute atomic E-state index is 5.87. The molecule has 2 aromatic rings. The third kappa shape index (κ3) is 7.28. The first kappa shape index (κ1) is 21.5. The van der Waals surface area contributed by atoms with Crippen LogP contribution in [0.4, 0.5) is 0 Å². The minimum absolute atomic E-state index is 0.588. The van der Waals surface area contributed by atoms with Gasteiger partial charge >= 0.3 is 0 Å². The number of ether oxygens (including phenoxy) is 1. The Hall–Kier alpha value is -2.20. The summed E-state index contributed by atoms with van der Waals surface area (Å²) < 4.78 is 5.87. The van der Waals surface area contributed by atoms with Crippen LogP contribution in [0.1, 0.15) is 77.2 Å². The predicted octanol–water partition coefficient (Wildman–Crippen LogP) is 7.88. The van der Waals surface area contributed by atoms with Gasteiger partial charge in [-0.15, -0.1) is 0 Å². The van der Waals surface area contributed by atoms with E-state index in [0.29, 0.717) is 5.92 Å². The highest BCUT2D eigenvalue weighted by Crippen LogP contribution is 2.28. The summed E-state index contributed by atoms with van der Waals surface area (Å²) in [5, 5.41) is 0. The monoisotopic (exact) mass is 388 g/mol. The molecule has 0 amide bonds. The minimum Gasteiger partial charge on any atom is -0.494 e. The molecule has 0 spiro atoms. The number of benzene rings is 2. The zero-order valence-electron chi connectivity index (χ0n) is 18.3. The average Bonchev–Trinajstić information content (AvgIpc) is 2.77. The highest BCUT2D eigenvalue weighted by Gasteiger charge is 2.15. The fraction of sp³-hybridized carbons (Fsp3) is 0.500. The number of rotatable bonds is 8. The fourth-order valence-electron chi connectivity index (χ4n) is 3.98. The molecule has 0 atom stereocenters. The molecule has 0 bridgehead atoms. The Balaban J connectivity index is 1.48. The summed E-state index contributed by atoms with van der Waals surface area (Å²) in [6.07, 6.45) is 11.5. The largest absolute Gasteiger partial charge is 0.494 e. The highest BCUT2D eigenvalue weighted by atomic mass is 16.5. The molecule has 1 aliphatic carbocycles. The molecule has 0 aliphatic heterocycles. The van der Waals surface area contributed by atoms with E-state index in [-0.39, 0.29) is 0 Å². The van der Waals surface area contributed by atoms with E-state index in [0.717, 1.165) is 30.3 Å². The molecular weight excluding hydrogens is 352 g/mol. The quantitative estimate of drug-likeness (QED) is 0.330. The van der Waals surface area contributed by atoms with Crippen LogP contribution < -0.4 is 4.74 Å². The second kappa shape index (κ2) is 11.7. The molecular formula is C28H36O. The lowest BCUT2D eigenvalue weighted by Gasteiger charge is -2.21. The maximum Gasteiger partial charge on any atom is 0.119 e. The Morgan fingerprint density at radius 2 is 1.41 bits per heavy atom. The van der Waals surface area contributed by atoms with Gasteiger partial charge < -0.3 is 4.74 Å². The molecule has 1 heteroatoms. The first-order valence-electron chi connectivity index (χ1n) is 11.6. The van der Waals surface area contributed by atoms with Gasteiger partial charge in [-0.1, -0.05) is 75.6 Å². The van der Waals surface area contributed by atoms with Gasteiger partial charge in [0.25, 0.3) is 0 Å². The van der Waals surface area contributed by atoms with Gasteiger partial charge in [0.15, 0.2) is 0 Å². The Labute approximate surface area is 177 Å². The summed E-state index contributed by atoms with van der Waals surface area (Å²) in [7, 11) is 0. The van der Waals surface area contributed by atoms with E-state index >= 15 is 0 Å². The molecule has 0 radical (unpaired) electrons. The zero-order chi connectivity index (χ0) is 20.3. The summed E-state index contributed by atoms with van der Waals surface area (Å²) in [5.74, 6) is 9.32. The Morgan fingerprint density at radius 1 is 0.793 bits per heavy atom. The van der Waals surface area contributed by atoms with E-state index in [1.165, 1.54) is 62.5 Å². The highest BCUT2D eigenvalue weighted by molar-refractivity contribution is 5.65. The van der Waals surface area contributed by atoms with Crippen molar-refractivity contribution in [1.82, 2.24) is 0 Å². The summed E-state index contributed by atoms with van der Waals surface area (Å²) in [6, 6.07) is 17.1. The Morgan fingerprint density at radius 3 is 2.07 bits per heavy atom. The average molecular weight is 389 g/mol. The van der Waals surface area contributed by atoms with Crippen LogP contribution in [0.5, 0.6) is 5.75 Å². The SMILES string of the molecule is CCCCCCCOc1ccc(-c2ccc(C#CC3CCC(C)CC3)cc2)cc1. The lowest BCUT2D eigenvalue weighted by molar-refractivity contribution is 0.304. The molecule has 1 fully saturated rings. The fourth-order valence-corrected chi connectivity index (χ4v) is 3.98. The smallest absolute Gasteiger partial charge is 0.119 e. The van der Waals surface area contributed by atoms with Crippen LogP contribution in [-0.4, -0.2) is 6.61 Å². The lowest BCUT2D eigenvalue weighted by Crippen LogP contribution is -2.10. The molecule has 1 nitrogen and oxygen atoms in total. The first-order chi connectivity index (χ1) is 14.2. The lowest BCUT2D eigenvalue weighted by atomic mass is 9.83. The predicted molar refractivity (Wildman–Crippen MR) is 124 cm³/mol. The van der Waals surface area contributed by atoms with Crippen molar-refractivity contribution in [3.05, 3.63) is 54.1 Å². The van der Waals surface area contributed by atoms with Crippen LogP contribution >= 0.6 is 0 Å². The first-order valence-corrected chi connectivity index (χ1v) is 11.6. The van der Waals surface area contributed by atoms with Gasteiger partial charge in [0.05, 0.1) is 6.61 Å². The van der Waals surface area contributed by atoms with Gasteiger partial charge in [0, 0.05) is 11.5 Å². The molecule has 0 unspecified atom stereocenters. The third-order valence-electron chi connectivity index (χ3n) is 6.03. The molecule has 0 N–H and O–H groups in total. The molecule has 29 heavy (non-hydrogen) atoms. The molecule has 1 aliphatic rings. The normalized spacial score (nSPS) is 18.7. The van der Waals surface area contributed by atoms with Crippen molar-refractivity contribution in [2.24, 2.45) is 11.8 Å². The van der Waals surface area contributed by atoms with E-state index in [1.54, 1.807) is 0 Å². The second-order valence-electron chi connectivity index (χ2n) is 8.59. The van der Waals surface area contributed by atoms with E-state index in [2.05, 4.69) is 74.2 Å². The third-order valence-corrected chi connectivity index (χ3v) is 6.03. The van der Waals surface area contributed by atoms with Gasteiger partial charge in [-0.2, -0.15) is 0 Å². The molecule has 154 valence electrons. The number of unbranched alkanes of at least 4 members (excludes halogenated alkanes) is 4. The van der Waals surface area contributed by atoms with Gasteiger partial charge in [0.1, 0.15) is 5.75 Å². The van der Waals surface area contributed by atoms with Gasteiger partial charge in [-0.25, -0.2) is 0 Å². The van der Waals surface area contributed by atoms with Crippen molar-refractivity contribution in [2.45, 2.75) is 71.6 Å². The minimum atomic E-state index is 0.588. The summed E-state index contributed by atoms with van der Waals surface area (Å²) >= 11 is 0. The van der Waals surface area contributed by atoms with E-state index in [9.17, 15) is 0 Å². The van der Waals surface area contributed by atoms with Gasteiger partial charge in [-0.05, 0) is 73.4 Å². The van der Waals surface area contributed by atoms with Gasteiger partial charge in [-0.3, -0.25) is 0 Å². The molecule has 3 rings (SSSR count). The summed E-state index contributed by atoms with van der Waals surface area (Å²) in [4.78, 5) is 0. The number of hydrogen-bond acceptors (Lipinski definition) is 1. The zero-order valence-corrected chi connectivity index (χ0v) is 18.3. The van der Waals surface area contributed by atoms with Gasteiger partial charge in [0.2, 0.25) is 0 Å². The molecule has 0 saturated heterocycles. The standard InChI is InChI=1S/C28H36O/c1-3-4-5-6-7-22-29-28-20-18-27(19-21-28)26-16-14-25(15-17-26)13-12-24-10-8-23(2)9-11-24/h14-21,23-24H,3-11,22H2,1-2H3. The van der Waals surface area contributed by atoms with Crippen LogP contribution in [0.25, 0.3) is 11.1 Å². The Kier molecular flexibility index (Phi) is 8.69. The van der Waals surface area contributed by atoms with E-state index in [1.807, 2.05) is 0 Å². The second-order valence-corrected chi connectivity index (χ2v) is 8.59. The molecule has 2 aromatic carbocycles. The molecule has 0 heterocycles. The number of hydrogen-bond donors (Lipinski definition) is 0. The van der Waals surface area contributed by atoms with Crippen LogP contribution in [0.3, 0.4) is 0 Å². The van der Waals surface area contributed by atoms with Crippen molar-refractivity contribution >= 4 is 0 Å². The van der Waals surface area contributed by atoms with Crippen molar-refractivity contribution in [3.63, 3.8) is 0 Å². The molecule has 0 aromatic heterocycles. The van der Waals surface area contributed by atoms with Crippen molar-refractivity contribution in [1.29, 1.82) is 0 Å². The maximum atomic E-state index is 5.87. The van der Waals surface area contributed by atoms with E-state index < -0.39 is 0 Å². The van der Waals surface area contributed by atoms with Crippen LogP contribution in [0.2, 0.25) is 0 Å². The van der Waals surface area contributed by atoms with Crippen LogP contribution in [0.15, 0.2) is 48.5 Å². The summed E-state index contributed by atoms with van der Waals surface area (Å²) in [5.41, 5.74) is 3.57. The Bertz CT molecular complexity index is 768. The van der Waals surface area contributed by atoms with Crippen molar-refractivity contribution < 1.29 is 4.74 Å². The van der Waals surface area contributed by atoms with Crippen molar-refractivity contribution in [2.75, 3.05) is 6.61 Å². The van der Waals surface area contributed by atoms with Crippen molar-refractivity contribution in [3.8, 4) is 28.7 Å².